The van der Waals surface area contributed by atoms with Crippen LogP contribution in [0.1, 0.15) is 51.4 Å². The molecule has 0 spiro atoms. The van der Waals surface area contributed by atoms with Gasteiger partial charge in [0.05, 0.1) is 5.25 Å². The lowest BCUT2D eigenvalue weighted by atomic mass is 9.91. The fourth-order valence-corrected chi connectivity index (χ4v) is 6.18. The molecule has 0 aromatic heterocycles. The topological polar surface area (TPSA) is 49.4 Å². The van der Waals surface area contributed by atoms with Crippen LogP contribution < -0.4 is 5.32 Å². The first-order valence-electron chi connectivity index (χ1n) is 7.90. The Morgan fingerprint density at radius 3 is 2.42 bits per heavy atom. The van der Waals surface area contributed by atoms with Gasteiger partial charge in [0.25, 0.3) is 0 Å². The highest BCUT2D eigenvalue weighted by atomic mass is 32.2. The second kappa shape index (κ2) is 5.70. The fraction of sp³-hybridized carbons (Fsp3) is 1.00. The molecule has 3 fully saturated rings. The minimum atomic E-state index is -3.02. The van der Waals surface area contributed by atoms with Crippen LogP contribution >= 0.6 is 0 Å². The molecule has 19 heavy (non-hydrogen) atoms. The van der Waals surface area contributed by atoms with E-state index in [9.17, 15) is 8.42 Å². The largest absolute Gasteiger partial charge is 0.314 e. The third kappa shape index (κ3) is 2.83. The molecular formula is C14H26N2O2S. The monoisotopic (exact) mass is 286 g/mol. The Morgan fingerprint density at radius 2 is 1.74 bits per heavy atom. The van der Waals surface area contributed by atoms with Crippen molar-refractivity contribution in [2.45, 2.75) is 62.7 Å². The van der Waals surface area contributed by atoms with E-state index >= 15 is 0 Å². The van der Waals surface area contributed by atoms with Crippen LogP contribution in [0.5, 0.6) is 0 Å². The molecule has 2 saturated heterocycles. The van der Waals surface area contributed by atoms with Crippen molar-refractivity contribution in [2.75, 3.05) is 19.6 Å². The van der Waals surface area contributed by atoms with E-state index in [1.54, 1.807) is 0 Å². The van der Waals surface area contributed by atoms with E-state index in [0.717, 1.165) is 51.7 Å². The Kier molecular flexibility index (Phi) is 4.15. The standard InChI is InChI=1S/C14H26N2O2S/c17-19(18,13-6-1-2-7-13)16-10-4-5-12(11-16)14-8-3-9-15-14/h12-15H,1-11H2. The van der Waals surface area contributed by atoms with Crippen molar-refractivity contribution >= 4 is 10.0 Å². The van der Waals surface area contributed by atoms with E-state index in [1.165, 1.54) is 19.3 Å². The molecule has 2 heterocycles. The van der Waals surface area contributed by atoms with Gasteiger partial charge in [-0.3, -0.25) is 0 Å². The van der Waals surface area contributed by atoms with Crippen LogP contribution in [0.2, 0.25) is 0 Å². The lowest BCUT2D eigenvalue weighted by molar-refractivity contribution is 0.225. The van der Waals surface area contributed by atoms with Gasteiger partial charge < -0.3 is 5.32 Å². The Labute approximate surface area is 117 Å². The van der Waals surface area contributed by atoms with Crippen molar-refractivity contribution < 1.29 is 8.42 Å². The summed E-state index contributed by atoms with van der Waals surface area (Å²) in [6.07, 6.45) is 8.63. The second-order valence-electron chi connectivity index (χ2n) is 6.41. The molecule has 0 bridgehead atoms. The van der Waals surface area contributed by atoms with E-state index in [4.69, 9.17) is 0 Å². The molecule has 0 radical (unpaired) electrons. The van der Waals surface area contributed by atoms with E-state index in [-0.39, 0.29) is 5.25 Å². The molecule has 0 aromatic carbocycles. The molecule has 5 heteroatoms. The first-order valence-corrected chi connectivity index (χ1v) is 9.40. The zero-order chi connectivity index (χ0) is 13.3. The summed E-state index contributed by atoms with van der Waals surface area (Å²) in [5.74, 6) is 0.535. The summed E-state index contributed by atoms with van der Waals surface area (Å²) in [6.45, 7) is 2.62. The third-order valence-corrected chi connectivity index (χ3v) is 7.54. The van der Waals surface area contributed by atoms with Crippen molar-refractivity contribution in [3.05, 3.63) is 0 Å². The fourth-order valence-electron chi connectivity index (χ4n) is 4.04. The quantitative estimate of drug-likeness (QED) is 0.859. The van der Waals surface area contributed by atoms with E-state index in [0.29, 0.717) is 12.0 Å². The van der Waals surface area contributed by atoms with Crippen molar-refractivity contribution in [3.63, 3.8) is 0 Å². The molecule has 2 aliphatic heterocycles. The molecule has 2 atom stereocenters. The molecule has 110 valence electrons. The SMILES string of the molecule is O=S(=O)(C1CCCC1)N1CCCC(C2CCCN2)C1. The number of hydrogen-bond acceptors (Lipinski definition) is 3. The van der Waals surface area contributed by atoms with Crippen molar-refractivity contribution in [3.8, 4) is 0 Å². The highest BCUT2D eigenvalue weighted by Crippen LogP contribution is 2.31. The molecule has 2 unspecified atom stereocenters. The average Bonchev–Trinajstić information content (AvgIpc) is 3.12. The first-order chi connectivity index (χ1) is 9.18. The van der Waals surface area contributed by atoms with Crippen LogP contribution in [0, 0.1) is 5.92 Å². The lowest BCUT2D eigenvalue weighted by Gasteiger charge is -2.36. The molecule has 3 aliphatic rings. The molecule has 4 nitrogen and oxygen atoms in total. The first kappa shape index (κ1) is 13.8. The van der Waals surface area contributed by atoms with Gasteiger partial charge in [0, 0.05) is 19.1 Å². The zero-order valence-corrected chi connectivity index (χ0v) is 12.5. The van der Waals surface area contributed by atoms with E-state index in [1.807, 2.05) is 4.31 Å². The average molecular weight is 286 g/mol. The maximum absolute atomic E-state index is 12.7. The summed E-state index contributed by atoms with van der Waals surface area (Å²) < 4.78 is 27.1. The molecular weight excluding hydrogens is 260 g/mol. The second-order valence-corrected chi connectivity index (χ2v) is 8.63. The Hall–Kier alpha value is -0.130. The summed E-state index contributed by atoms with van der Waals surface area (Å²) in [4.78, 5) is 0. The minimum Gasteiger partial charge on any atom is -0.314 e. The maximum Gasteiger partial charge on any atom is 0.216 e. The molecule has 3 rings (SSSR count). The summed E-state index contributed by atoms with van der Waals surface area (Å²) >= 11 is 0. The van der Waals surface area contributed by atoms with Crippen LogP contribution in [-0.4, -0.2) is 43.6 Å². The van der Waals surface area contributed by atoms with E-state index in [2.05, 4.69) is 5.32 Å². The summed E-state index contributed by atoms with van der Waals surface area (Å²) in [5.41, 5.74) is 0. The summed E-state index contributed by atoms with van der Waals surface area (Å²) in [6, 6.07) is 0.557. The Morgan fingerprint density at radius 1 is 0.947 bits per heavy atom. The van der Waals surface area contributed by atoms with Crippen LogP contribution in [0.15, 0.2) is 0 Å². The van der Waals surface area contributed by atoms with Crippen molar-refractivity contribution in [2.24, 2.45) is 5.92 Å². The molecule has 1 N–H and O–H groups in total. The van der Waals surface area contributed by atoms with Gasteiger partial charge in [-0.1, -0.05) is 12.8 Å². The van der Waals surface area contributed by atoms with Crippen LogP contribution in [-0.2, 0) is 10.0 Å². The highest BCUT2D eigenvalue weighted by Gasteiger charge is 2.38. The summed E-state index contributed by atoms with van der Waals surface area (Å²) in [5, 5.41) is 3.47. The van der Waals surface area contributed by atoms with Crippen molar-refractivity contribution in [1.29, 1.82) is 0 Å². The van der Waals surface area contributed by atoms with Crippen LogP contribution in [0.25, 0.3) is 0 Å². The molecule has 1 aliphatic carbocycles. The molecule has 0 aromatic rings. The van der Waals surface area contributed by atoms with Gasteiger partial charge in [0.2, 0.25) is 10.0 Å². The lowest BCUT2D eigenvalue weighted by Crippen LogP contribution is -2.48. The number of nitrogens with one attached hydrogen (secondary N) is 1. The van der Waals surface area contributed by atoms with Gasteiger partial charge in [-0.05, 0) is 51.0 Å². The number of nitrogens with zero attached hydrogens (tertiary/aromatic N) is 1. The van der Waals surface area contributed by atoms with Gasteiger partial charge in [0.1, 0.15) is 0 Å². The predicted octanol–water partition coefficient (Wildman–Crippen LogP) is 1.72. The normalized spacial score (nSPS) is 34.9. The third-order valence-electron chi connectivity index (χ3n) is 5.17. The van der Waals surface area contributed by atoms with Gasteiger partial charge >= 0.3 is 0 Å². The number of rotatable bonds is 3. The molecule has 1 saturated carbocycles. The Balaban J connectivity index is 1.66. The maximum atomic E-state index is 12.7. The number of piperidine rings is 1. The van der Waals surface area contributed by atoms with E-state index < -0.39 is 10.0 Å². The number of hydrogen-bond donors (Lipinski definition) is 1. The Bertz CT molecular complexity index is 398. The van der Waals surface area contributed by atoms with Gasteiger partial charge in [0.15, 0.2) is 0 Å². The predicted molar refractivity (Wildman–Crippen MR) is 76.5 cm³/mol. The number of sulfonamides is 1. The minimum absolute atomic E-state index is 0.0808. The summed E-state index contributed by atoms with van der Waals surface area (Å²) in [7, 11) is -3.02. The van der Waals surface area contributed by atoms with Crippen LogP contribution in [0.3, 0.4) is 0 Å². The molecule has 0 amide bonds. The van der Waals surface area contributed by atoms with Crippen LogP contribution in [0.4, 0.5) is 0 Å². The van der Waals surface area contributed by atoms with Gasteiger partial charge in [-0.15, -0.1) is 0 Å². The van der Waals surface area contributed by atoms with Crippen molar-refractivity contribution in [1.82, 2.24) is 9.62 Å². The smallest absolute Gasteiger partial charge is 0.216 e. The van der Waals surface area contributed by atoms with Gasteiger partial charge in [-0.2, -0.15) is 0 Å². The highest BCUT2D eigenvalue weighted by molar-refractivity contribution is 7.89. The van der Waals surface area contributed by atoms with Gasteiger partial charge in [-0.25, -0.2) is 12.7 Å². The zero-order valence-electron chi connectivity index (χ0n) is 11.7.